The zero-order chi connectivity index (χ0) is 45.5. The second kappa shape index (κ2) is 17.5. The summed E-state index contributed by atoms with van der Waals surface area (Å²) in [6.45, 7) is 17.6. The lowest BCUT2D eigenvalue weighted by Crippen LogP contribution is -2.61. The van der Waals surface area contributed by atoms with Gasteiger partial charge in [0.15, 0.2) is 0 Å². The van der Waals surface area contributed by atoms with Crippen LogP contribution in [0.5, 0.6) is 0 Å². The molecule has 3 saturated heterocycles. The predicted molar refractivity (Wildman–Crippen MR) is 251 cm³/mol. The molecule has 8 bridgehead atoms. The van der Waals surface area contributed by atoms with Gasteiger partial charge in [0.1, 0.15) is 12.1 Å². The van der Waals surface area contributed by atoms with Gasteiger partial charge in [0.2, 0.25) is 5.91 Å². The molecule has 10 atom stereocenters. The zero-order valence-corrected chi connectivity index (χ0v) is 40.2. The van der Waals surface area contributed by atoms with E-state index < -0.39 is 23.4 Å². The predicted octanol–water partition coefficient (Wildman–Crippen LogP) is 7.77. The number of aryl methyl sites for hydroxylation is 1. The van der Waals surface area contributed by atoms with E-state index in [1.807, 2.05) is 6.92 Å². The lowest BCUT2D eigenvalue weighted by molar-refractivity contribution is -0.155. The Kier molecular flexibility index (Phi) is 12.0. The molecule has 348 valence electrons. The Morgan fingerprint density at radius 3 is 2.51 bits per heavy atom. The Balaban J connectivity index is 1.09. The maximum absolute atomic E-state index is 14.5. The lowest BCUT2D eigenvalue weighted by atomic mass is 9.80. The van der Waals surface area contributed by atoms with Crippen molar-refractivity contribution in [3.63, 3.8) is 0 Å². The number of nitrogens with one attached hydrogen (secondary N) is 2. The average molecular weight is 906 g/mol. The number of hydrazine groups is 1. The Labute approximate surface area is 387 Å². The van der Waals surface area contributed by atoms with E-state index in [0.29, 0.717) is 49.9 Å². The highest BCUT2D eigenvalue weighted by molar-refractivity contribution is 7.10. The molecule has 2 aliphatic carbocycles. The first kappa shape index (κ1) is 44.6. The molecular weight excluding hydrogens is 839 g/mol. The molecule has 4 aliphatic heterocycles. The Bertz CT molecular complexity index is 2460. The number of benzene rings is 1. The molecule has 6 aliphatic rings. The highest BCUT2D eigenvalue weighted by Crippen LogP contribution is 2.48. The van der Waals surface area contributed by atoms with Crippen LogP contribution in [0.15, 0.2) is 35.8 Å². The number of esters is 1. The van der Waals surface area contributed by atoms with E-state index in [9.17, 15) is 14.4 Å². The summed E-state index contributed by atoms with van der Waals surface area (Å²) >= 11 is 1.51. The zero-order valence-electron chi connectivity index (χ0n) is 39.4. The third kappa shape index (κ3) is 8.33. The number of cyclic esters (lactones) is 1. The van der Waals surface area contributed by atoms with Crippen molar-refractivity contribution in [3.05, 3.63) is 57.7 Å². The third-order valence-corrected chi connectivity index (χ3v) is 16.9. The number of carbonyl (C=O) groups is 3. The number of rotatable bonds is 8. The summed E-state index contributed by atoms with van der Waals surface area (Å²) < 4.78 is 20.8. The van der Waals surface area contributed by atoms with Gasteiger partial charge in [-0.1, -0.05) is 40.7 Å². The third-order valence-electron chi connectivity index (χ3n) is 15.8. The molecule has 10 rings (SSSR count). The molecule has 2 N–H and O–H groups in total. The number of aromatic nitrogens is 3. The summed E-state index contributed by atoms with van der Waals surface area (Å²) in [5.41, 5.74) is 11.2. The fraction of sp³-hybridized carbons (Fsp3) is 0.627. The summed E-state index contributed by atoms with van der Waals surface area (Å²) in [4.78, 5) is 55.4. The van der Waals surface area contributed by atoms with Crippen LogP contribution >= 0.6 is 11.3 Å². The van der Waals surface area contributed by atoms with E-state index in [4.69, 9.17) is 24.2 Å². The molecule has 2 amide bonds. The molecule has 3 aromatic heterocycles. The van der Waals surface area contributed by atoms with Gasteiger partial charge in [-0.05, 0) is 106 Å². The maximum atomic E-state index is 14.5. The summed E-state index contributed by atoms with van der Waals surface area (Å²) in [5, 5.41) is 8.62. The highest BCUT2D eigenvalue weighted by atomic mass is 32.1. The number of amides is 2. The Morgan fingerprint density at radius 2 is 1.82 bits per heavy atom. The van der Waals surface area contributed by atoms with Crippen molar-refractivity contribution in [2.24, 2.45) is 23.2 Å². The van der Waals surface area contributed by atoms with Gasteiger partial charge in [0.05, 0.1) is 48.0 Å². The normalized spacial score (nSPS) is 31.0. The first-order valence-corrected chi connectivity index (χ1v) is 25.2. The number of piperidine rings is 1. The number of carbonyl (C=O) groups excluding carboxylic acids is 3. The van der Waals surface area contributed by atoms with Crippen molar-refractivity contribution in [3.8, 4) is 22.5 Å². The van der Waals surface area contributed by atoms with Crippen molar-refractivity contribution in [1.82, 2.24) is 35.2 Å². The number of methoxy groups -OCH3 is 1. The summed E-state index contributed by atoms with van der Waals surface area (Å²) in [7, 11) is 1.75. The van der Waals surface area contributed by atoms with Crippen molar-refractivity contribution in [1.29, 1.82) is 0 Å². The van der Waals surface area contributed by atoms with E-state index in [-0.39, 0.29) is 48.2 Å². The number of nitrogens with zero attached hydrogens (tertiary/aromatic N) is 5. The van der Waals surface area contributed by atoms with Crippen LogP contribution in [-0.4, -0.2) is 106 Å². The topological polar surface area (TPSA) is 140 Å². The van der Waals surface area contributed by atoms with Crippen molar-refractivity contribution in [2.45, 2.75) is 148 Å². The van der Waals surface area contributed by atoms with Crippen LogP contribution in [0, 0.1) is 23.2 Å². The molecule has 14 heteroatoms. The number of pyridine rings is 1. The Morgan fingerprint density at radius 1 is 1.06 bits per heavy atom. The number of fused-ring (bicyclic) bond motifs is 8. The van der Waals surface area contributed by atoms with Crippen LogP contribution in [0.3, 0.4) is 0 Å². The molecular formula is C51H67N7O6S. The smallest absolute Gasteiger partial charge is 0.324 e. The summed E-state index contributed by atoms with van der Waals surface area (Å²) in [6.07, 6.45) is 8.35. The standard InChI is InChI=1S/C51H67N7O6S/c1-9-56-42-15-12-31-19-37(42)39(46(56)38-20-33(22-52-45(38)30(5)62-8)32-17-35-23-63-24-36(18-32)58(35)34-13-14-34)21-51(6,7)26-64-50(61)40-11-10-16-57(55-40)49(60)44(29(4)48-53-41(31)25-65-48)54-47(59)43-27(2)28(43)3/h12,15,19-20,22,25,27-30,32,34-36,40,43-44,55H,9-11,13-14,16-18,21,23-24,26H2,1-8H3,(H,54,59)/t27-,28+,29-,30-,32?,35-,36+,40-,43?,44-/m0/s1. The van der Waals surface area contributed by atoms with Gasteiger partial charge < -0.3 is 24.1 Å². The van der Waals surface area contributed by atoms with E-state index in [1.54, 1.807) is 7.11 Å². The molecule has 2 saturated carbocycles. The summed E-state index contributed by atoms with van der Waals surface area (Å²) in [5.74, 6) is -0.453. The van der Waals surface area contributed by atoms with Crippen LogP contribution in [0.4, 0.5) is 0 Å². The highest BCUT2D eigenvalue weighted by Gasteiger charge is 2.50. The van der Waals surface area contributed by atoms with Gasteiger partial charge in [-0.2, -0.15) is 0 Å². The van der Waals surface area contributed by atoms with Gasteiger partial charge in [0.25, 0.3) is 5.91 Å². The largest absolute Gasteiger partial charge is 0.464 e. The average Bonchev–Trinajstić information content (AvgIpc) is 4.15. The van der Waals surface area contributed by atoms with E-state index in [0.717, 1.165) is 76.7 Å². The number of thiazole rings is 1. The van der Waals surface area contributed by atoms with Crippen LogP contribution < -0.4 is 10.7 Å². The lowest BCUT2D eigenvalue weighted by Gasteiger charge is -2.49. The monoisotopic (exact) mass is 905 g/mol. The second-order valence-corrected chi connectivity index (χ2v) is 21.8. The van der Waals surface area contributed by atoms with Crippen molar-refractivity contribution in [2.75, 3.05) is 33.5 Å². The Hall–Kier alpha value is -4.21. The van der Waals surface area contributed by atoms with Gasteiger partial charge in [-0.25, -0.2) is 10.4 Å². The number of ether oxygens (including phenoxy) is 3. The minimum absolute atomic E-state index is 0.113. The number of morpholine rings is 1. The van der Waals surface area contributed by atoms with Crippen molar-refractivity contribution >= 4 is 40.0 Å². The molecule has 7 heterocycles. The van der Waals surface area contributed by atoms with E-state index >= 15 is 0 Å². The fourth-order valence-corrected chi connectivity index (χ4v) is 12.6. The van der Waals surface area contributed by atoms with Crippen LogP contribution in [-0.2, 0) is 41.6 Å². The maximum Gasteiger partial charge on any atom is 0.324 e. The summed E-state index contributed by atoms with van der Waals surface area (Å²) in [6, 6.07) is 9.04. The first-order valence-electron chi connectivity index (χ1n) is 24.3. The molecule has 1 aromatic carbocycles. The quantitative estimate of drug-likeness (QED) is 0.169. The first-order chi connectivity index (χ1) is 31.2. The SMILES string of the molecule is CCn1c(-c2cc(C3C[C@H]4COC[C@@H](C3)N4C3CC3)cnc2[C@H](C)OC)c2c3cc(ccc31)-c1csc(n1)[C@@H](C)[C@H](NC(=O)C1[C@@H](C)[C@H]1C)C(=O)N1CCC[C@H](N1)C(=O)OCC(C)(C)C2. The van der Waals surface area contributed by atoms with E-state index in [1.165, 1.54) is 40.3 Å². The van der Waals surface area contributed by atoms with Crippen LogP contribution in [0.25, 0.3) is 33.4 Å². The molecule has 5 fully saturated rings. The minimum Gasteiger partial charge on any atom is -0.464 e. The molecule has 13 nitrogen and oxygen atoms in total. The molecule has 0 spiro atoms. The van der Waals surface area contributed by atoms with Crippen molar-refractivity contribution < 1.29 is 28.6 Å². The van der Waals surface area contributed by atoms with Gasteiger partial charge in [0, 0.05) is 89.2 Å². The second-order valence-electron chi connectivity index (χ2n) is 20.9. The minimum atomic E-state index is -0.872. The van der Waals surface area contributed by atoms with Crippen LogP contribution in [0.2, 0.25) is 0 Å². The van der Waals surface area contributed by atoms with Gasteiger partial charge >= 0.3 is 5.97 Å². The molecule has 65 heavy (non-hydrogen) atoms. The molecule has 4 aromatic rings. The fourth-order valence-electron chi connectivity index (χ4n) is 11.7. The van der Waals surface area contributed by atoms with Gasteiger partial charge in [-0.15, -0.1) is 11.3 Å². The number of hydrogen-bond donors (Lipinski definition) is 2. The van der Waals surface area contributed by atoms with Gasteiger partial charge in [-0.3, -0.25) is 29.3 Å². The molecule has 2 unspecified atom stereocenters. The van der Waals surface area contributed by atoms with Crippen LogP contribution in [0.1, 0.15) is 127 Å². The number of hydrogen-bond acceptors (Lipinski definition) is 11. The molecule has 0 radical (unpaired) electrons. The van der Waals surface area contributed by atoms with E-state index in [2.05, 4.69) is 97.6 Å².